The van der Waals surface area contributed by atoms with E-state index in [4.69, 9.17) is 5.11 Å². The lowest BCUT2D eigenvalue weighted by molar-refractivity contribution is -0.141. The largest absolute Gasteiger partial charge is 0.480 e. The first-order chi connectivity index (χ1) is 8.79. The monoisotopic (exact) mass is 278 g/mol. The third-order valence-corrected chi connectivity index (χ3v) is 1.82. The first-order valence-electron chi connectivity index (χ1n) is 4.92. The van der Waals surface area contributed by atoms with Crippen LogP contribution in [0.2, 0.25) is 0 Å². The summed E-state index contributed by atoms with van der Waals surface area (Å²) in [5, 5.41) is 18.9. The zero-order valence-corrected chi connectivity index (χ0v) is 9.36. The van der Waals surface area contributed by atoms with Crippen molar-refractivity contribution < 1.29 is 27.9 Å². The minimum atomic E-state index is -4.58. The molecule has 0 aliphatic rings. The molecule has 3 N–H and O–H groups in total. The second kappa shape index (κ2) is 5.98. The SMILES string of the molecule is O=C(O)CNC(=O)CNc1ccc(C(F)(F)F)nn1. The van der Waals surface area contributed by atoms with E-state index in [2.05, 4.69) is 20.8 Å². The molecule has 1 rings (SSSR count). The van der Waals surface area contributed by atoms with Crippen LogP contribution in [-0.2, 0) is 15.8 Å². The number of carboxylic acids is 1. The number of rotatable bonds is 5. The number of nitrogens with zero attached hydrogens (tertiary/aromatic N) is 2. The number of hydrogen-bond acceptors (Lipinski definition) is 5. The summed E-state index contributed by atoms with van der Waals surface area (Å²) in [6.45, 7) is -0.869. The molecule has 0 atom stereocenters. The van der Waals surface area contributed by atoms with Gasteiger partial charge in [0.15, 0.2) is 5.69 Å². The Morgan fingerprint density at radius 1 is 1.21 bits per heavy atom. The zero-order chi connectivity index (χ0) is 14.5. The molecule has 0 bridgehead atoms. The molecule has 0 aromatic carbocycles. The molecular weight excluding hydrogens is 269 g/mol. The van der Waals surface area contributed by atoms with E-state index in [1.54, 1.807) is 0 Å². The number of carbonyl (C=O) groups excluding carboxylic acids is 1. The van der Waals surface area contributed by atoms with Gasteiger partial charge in [-0.25, -0.2) is 0 Å². The van der Waals surface area contributed by atoms with Crippen LogP contribution in [0.3, 0.4) is 0 Å². The van der Waals surface area contributed by atoms with Crippen LogP contribution in [0, 0.1) is 0 Å². The van der Waals surface area contributed by atoms with Crippen molar-refractivity contribution in [3.63, 3.8) is 0 Å². The molecule has 0 radical (unpaired) electrons. The number of hydrogen-bond donors (Lipinski definition) is 3. The van der Waals surface area contributed by atoms with E-state index in [0.29, 0.717) is 6.07 Å². The van der Waals surface area contributed by atoms with Gasteiger partial charge >= 0.3 is 12.1 Å². The van der Waals surface area contributed by atoms with Crippen LogP contribution in [0.15, 0.2) is 12.1 Å². The standard InChI is InChI=1S/C9H9F3N4O3/c10-9(11,12)5-1-2-6(16-15-5)13-3-7(17)14-4-8(18)19/h1-2H,3-4H2,(H,13,16)(H,14,17)(H,18,19). The maximum atomic E-state index is 12.2. The van der Waals surface area contributed by atoms with Gasteiger partial charge in [-0.2, -0.15) is 13.2 Å². The highest BCUT2D eigenvalue weighted by Crippen LogP contribution is 2.26. The van der Waals surface area contributed by atoms with Crippen LogP contribution < -0.4 is 10.6 Å². The minimum absolute atomic E-state index is 0.0292. The number of halogens is 3. The maximum absolute atomic E-state index is 12.2. The van der Waals surface area contributed by atoms with Crippen LogP contribution in [0.25, 0.3) is 0 Å². The molecule has 0 unspecified atom stereocenters. The average Bonchev–Trinajstić information content (AvgIpc) is 2.33. The maximum Gasteiger partial charge on any atom is 0.435 e. The van der Waals surface area contributed by atoms with Gasteiger partial charge < -0.3 is 15.7 Å². The van der Waals surface area contributed by atoms with Crippen LogP contribution in [0.5, 0.6) is 0 Å². The third-order valence-electron chi connectivity index (χ3n) is 1.82. The molecule has 1 aromatic heterocycles. The van der Waals surface area contributed by atoms with Crippen molar-refractivity contribution in [3.05, 3.63) is 17.8 Å². The number of carbonyl (C=O) groups is 2. The van der Waals surface area contributed by atoms with E-state index >= 15 is 0 Å². The Balaban J connectivity index is 2.46. The number of aromatic nitrogens is 2. The molecule has 0 fully saturated rings. The van der Waals surface area contributed by atoms with Crippen LogP contribution >= 0.6 is 0 Å². The quantitative estimate of drug-likeness (QED) is 0.706. The highest BCUT2D eigenvalue weighted by Gasteiger charge is 2.32. The van der Waals surface area contributed by atoms with E-state index in [-0.39, 0.29) is 12.4 Å². The predicted molar refractivity (Wildman–Crippen MR) is 56.2 cm³/mol. The molecule has 0 saturated carbocycles. The number of alkyl halides is 3. The van der Waals surface area contributed by atoms with Crippen molar-refractivity contribution in [1.82, 2.24) is 15.5 Å². The van der Waals surface area contributed by atoms with Gasteiger partial charge in [-0.15, -0.1) is 10.2 Å². The van der Waals surface area contributed by atoms with Gasteiger partial charge in [0.25, 0.3) is 0 Å². The molecule has 0 saturated heterocycles. The predicted octanol–water partition coefficient (Wildman–Crippen LogP) is 0.108. The smallest absolute Gasteiger partial charge is 0.435 e. The summed E-state index contributed by atoms with van der Waals surface area (Å²) in [5.41, 5.74) is -1.15. The van der Waals surface area contributed by atoms with E-state index in [1.165, 1.54) is 0 Å². The van der Waals surface area contributed by atoms with Gasteiger partial charge in [-0.05, 0) is 12.1 Å². The zero-order valence-electron chi connectivity index (χ0n) is 9.36. The lowest BCUT2D eigenvalue weighted by Gasteiger charge is -2.07. The summed E-state index contributed by atoms with van der Waals surface area (Å²) in [5.74, 6) is -1.87. The Morgan fingerprint density at radius 3 is 2.37 bits per heavy atom. The molecule has 0 spiro atoms. The van der Waals surface area contributed by atoms with Gasteiger partial charge in [0.05, 0.1) is 6.54 Å². The molecule has 10 heteroatoms. The van der Waals surface area contributed by atoms with E-state index in [1.807, 2.05) is 0 Å². The molecule has 1 amide bonds. The third kappa shape index (κ3) is 5.19. The van der Waals surface area contributed by atoms with Gasteiger partial charge in [0, 0.05) is 0 Å². The highest BCUT2D eigenvalue weighted by molar-refractivity contribution is 5.84. The normalized spacial score (nSPS) is 10.9. The van der Waals surface area contributed by atoms with E-state index in [0.717, 1.165) is 6.07 Å². The summed E-state index contributed by atoms with van der Waals surface area (Å²) in [6.07, 6.45) is -4.58. The molecular formula is C9H9F3N4O3. The number of anilines is 1. The van der Waals surface area contributed by atoms with Crippen molar-refractivity contribution in [2.45, 2.75) is 6.18 Å². The molecule has 104 valence electrons. The molecule has 0 aliphatic heterocycles. The fourth-order valence-corrected chi connectivity index (χ4v) is 0.985. The van der Waals surface area contributed by atoms with E-state index in [9.17, 15) is 22.8 Å². The number of aliphatic carboxylic acids is 1. The highest BCUT2D eigenvalue weighted by atomic mass is 19.4. The second-order valence-corrected chi connectivity index (χ2v) is 3.33. The van der Waals surface area contributed by atoms with Crippen molar-refractivity contribution >= 4 is 17.7 Å². The Labute approximate surface area is 104 Å². The fraction of sp³-hybridized carbons (Fsp3) is 0.333. The van der Waals surface area contributed by atoms with Crippen LogP contribution in [0.4, 0.5) is 19.0 Å². The van der Waals surface area contributed by atoms with Gasteiger partial charge in [0.2, 0.25) is 5.91 Å². The first-order valence-corrected chi connectivity index (χ1v) is 4.92. The summed E-state index contributed by atoms with van der Waals surface area (Å²) in [6, 6.07) is 1.73. The van der Waals surface area contributed by atoms with Crippen molar-refractivity contribution in [2.75, 3.05) is 18.4 Å². The molecule has 0 aliphatic carbocycles. The molecule has 1 heterocycles. The van der Waals surface area contributed by atoms with E-state index < -0.39 is 30.3 Å². The first kappa shape index (κ1) is 14.7. The number of nitrogens with one attached hydrogen (secondary N) is 2. The number of carboxylic acid groups (broad SMARTS) is 1. The summed E-state index contributed by atoms with van der Waals surface area (Å²) >= 11 is 0. The molecule has 1 aromatic rings. The lowest BCUT2D eigenvalue weighted by atomic mass is 10.4. The van der Waals surface area contributed by atoms with Crippen LogP contribution in [0.1, 0.15) is 5.69 Å². The fourth-order valence-electron chi connectivity index (χ4n) is 0.985. The van der Waals surface area contributed by atoms with Gasteiger partial charge in [-0.3, -0.25) is 9.59 Å². The summed E-state index contributed by atoms with van der Waals surface area (Å²) < 4.78 is 36.5. The Hall–Kier alpha value is -2.39. The lowest BCUT2D eigenvalue weighted by Crippen LogP contribution is -2.34. The average molecular weight is 278 g/mol. The van der Waals surface area contributed by atoms with Crippen molar-refractivity contribution in [1.29, 1.82) is 0 Å². The Bertz CT molecular complexity index is 461. The van der Waals surface area contributed by atoms with Crippen LogP contribution in [-0.4, -0.2) is 40.3 Å². The minimum Gasteiger partial charge on any atom is -0.480 e. The van der Waals surface area contributed by atoms with Gasteiger partial charge in [-0.1, -0.05) is 0 Å². The van der Waals surface area contributed by atoms with Gasteiger partial charge in [0.1, 0.15) is 12.4 Å². The number of amides is 1. The van der Waals surface area contributed by atoms with Crippen molar-refractivity contribution in [2.24, 2.45) is 0 Å². The summed E-state index contributed by atoms with van der Waals surface area (Å²) in [7, 11) is 0. The second-order valence-electron chi connectivity index (χ2n) is 3.33. The molecule has 19 heavy (non-hydrogen) atoms. The molecule has 7 nitrogen and oxygen atoms in total. The van der Waals surface area contributed by atoms with Crippen molar-refractivity contribution in [3.8, 4) is 0 Å². The Morgan fingerprint density at radius 2 is 1.89 bits per heavy atom. The summed E-state index contributed by atoms with van der Waals surface area (Å²) in [4.78, 5) is 21.2. The topological polar surface area (TPSA) is 104 Å². The Kier molecular flexibility index (Phi) is 4.62.